The van der Waals surface area contributed by atoms with E-state index in [4.69, 9.17) is 0 Å². The van der Waals surface area contributed by atoms with Crippen LogP contribution in [0.3, 0.4) is 0 Å². The first-order valence-corrected chi connectivity index (χ1v) is 15.5. The minimum atomic E-state index is -3.56. The molecule has 2 heterocycles. The normalized spacial score (nSPS) is 11.7. The van der Waals surface area contributed by atoms with Gasteiger partial charge in [-0.25, -0.2) is 24.8 Å². The molecule has 0 radical (unpaired) electrons. The van der Waals surface area contributed by atoms with Gasteiger partial charge in [-0.1, -0.05) is 83.2 Å². The van der Waals surface area contributed by atoms with Crippen molar-refractivity contribution in [3.05, 3.63) is 138 Å². The van der Waals surface area contributed by atoms with E-state index in [2.05, 4.69) is 22.5 Å². The molecule has 0 spiro atoms. The fourth-order valence-corrected chi connectivity index (χ4v) is 7.50. The van der Waals surface area contributed by atoms with E-state index in [9.17, 15) is 16.8 Å². The van der Waals surface area contributed by atoms with Crippen LogP contribution in [0, 0.1) is 0 Å². The van der Waals surface area contributed by atoms with Gasteiger partial charge in [-0.05, 0) is 60.2 Å². The number of aromatic nitrogens is 2. The number of nitrogens with zero attached hydrogens (tertiary/aromatic N) is 2. The maximum absolute atomic E-state index is 12.6. The van der Waals surface area contributed by atoms with Gasteiger partial charge in [0.15, 0.2) is 0 Å². The molecule has 0 atom stereocenters. The Morgan fingerprint density at radius 2 is 1.03 bits per heavy atom. The van der Waals surface area contributed by atoms with Crippen molar-refractivity contribution in [1.82, 2.24) is 7.94 Å². The Balaban J connectivity index is 0.000000158. The standard InChI is InChI=1S/C16H13NO2S.C14H10BrNO2S/c1-2-13-7-6-10-16-15(13)11-12-17(16)20(18,19)14-8-4-3-5-9-14;15-13-7-4-8-14-12(13)9-10-16(14)19(17,18)11-5-2-1-3-6-11/h2-12H,1H2;1-10H. The van der Waals surface area contributed by atoms with Crippen LogP contribution in [0.2, 0.25) is 0 Å². The summed E-state index contributed by atoms with van der Waals surface area (Å²) < 4.78 is 53.9. The van der Waals surface area contributed by atoms with E-state index in [0.29, 0.717) is 11.0 Å². The highest BCUT2D eigenvalue weighted by atomic mass is 79.9. The Morgan fingerprint density at radius 3 is 1.54 bits per heavy atom. The van der Waals surface area contributed by atoms with Crippen LogP contribution in [-0.4, -0.2) is 24.8 Å². The van der Waals surface area contributed by atoms with Crippen LogP contribution in [0.25, 0.3) is 27.9 Å². The van der Waals surface area contributed by atoms with Gasteiger partial charge >= 0.3 is 0 Å². The summed E-state index contributed by atoms with van der Waals surface area (Å²) in [6.45, 7) is 3.75. The van der Waals surface area contributed by atoms with E-state index in [-0.39, 0.29) is 9.79 Å². The van der Waals surface area contributed by atoms with Crippen LogP contribution in [0.1, 0.15) is 5.56 Å². The number of hydrogen-bond donors (Lipinski definition) is 0. The molecule has 4 aromatic carbocycles. The van der Waals surface area contributed by atoms with Gasteiger partial charge in [0.2, 0.25) is 0 Å². The summed E-state index contributed by atoms with van der Waals surface area (Å²) in [6.07, 6.45) is 4.89. The highest BCUT2D eigenvalue weighted by Gasteiger charge is 2.20. The number of benzene rings is 4. The lowest BCUT2D eigenvalue weighted by Gasteiger charge is -2.07. The Bertz CT molecular complexity index is 2010. The van der Waals surface area contributed by atoms with Crippen molar-refractivity contribution in [2.75, 3.05) is 0 Å². The van der Waals surface area contributed by atoms with E-state index in [0.717, 1.165) is 20.8 Å². The summed E-state index contributed by atoms with van der Waals surface area (Å²) in [5, 5.41) is 1.75. The van der Waals surface area contributed by atoms with Crippen molar-refractivity contribution in [1.29, 1.82) is 0 Å². The fraction of sp³-hybridized carbons (Fsp3) is 0. The zero-order valence-corrected chi connectivity index (χ0v) is 23.8. The third-order valence-electron chi connectivity index (χ3n) is 6.19. The van der Waals surface area contributed by atoms with Crippen LogP contribution in [0.15, 0.2) is 142 Å². The molecule has 6 nitrogen and oxygen atoms in total. The van der Waals surface area contributed by atoms with Crippen LogP contribution >= 0.6 is 15.9 Å². The highest BCUT2D eigenvalue weighted by molar-refractivity contribution is 9.10. The van der Waals surface area contributed by atoms with Crippen molar-refractivity contribution in [3.8, 4) is 0 Å². The van der Waals surface area contributed by atoms with E-state index in [1.807, 2.05) is 24.3 Å². The van der Waals surface area contributed by atoms with E-state index in [1.54, 1.807) is 103 Å². The van der Waals surface area contributed by atoms with Crippen LogP contribution in [0.4, 0.5) is 0 Å². The van der Waals surface area contributed by atoms with Crippen molar-refractivity contribution >= 4 is 63.9 Å². The molecule has 9 heteroatoms. The molecule has 0 aliphatic rings. The van der Waals surface area contributed by atoms with Gasteiger partial charge in [0.05, 0.1) is 20.8 Å². The van der Waals surface area contributed by atoms with Gasteiger partial charge in [0.1, 0.15) is 0 Å². The molecular formula is C30H23BrN2O4S2. The smallest absolute Gasteiger partial charge is 0.241 e. The van der Waals surface area contributed by atoms with Gasteiger partial charge in [0, 0.05) is 27.6 Å². The first-order valence-electron chi connectivity index (χ1n) is 11.8. The molecule has 2 aromatic heterocycles. The first kappa shape index (κ1) is 26.7. The maximum atomic E-state index is 12.6. The monoisotopic (exact) mass is 618 g/mol. The lowest BCUT2D eigenvalue weighted by atomic mass is 10.1. The molecule has 6 rings (SSSR count). The minimum Gasteiger partial charge on any atom is -0.241 e. The SMILES string of the molecule is C=Cc1cccc2c1ccn2S(=O)(=O)c1ccccc1.O=S(=O)(c1ccccc1)n1ccc2c(Br)cccc21. The highest BCUT2D eigenvalue weighted by Crippen LogP contribution is 2.28. The molecule has 6 aromatic rings. The summed E-state index contributed by atoms with van der Waals surface area (Å²) in [4.78, 5) is 0.564. The zero-order chi connectivity index (χ0) is 27.6. The minimum absolute atomic E-state index is 0.279. The topological polar surface area (TPSA) is 78.1 Å². The molecule has 0 fully saturated rings. The molecule has 0 saturated heterocycles. The Morgan fingerprint density at radius 1 is 0.564 bits per heavy atom. The van der Waals surface area contributed by atoms with E-state index < -0.39 is 20.0 Å². The van der Waals surface area contributed by atoms with Crippen LogP contribution < -0.4 is 0 Å². The Hall–Kier alpha value is -3.92. The second-order valence-electron chi connectivity index (χ2n) is 8.52. The molecule has 0 bridgehead atoms. The molecule has 0 N–H and O–H groups in total. The molecule has 0 aliphatic carbocycles. The summed E-state index contributed by atoms with van der Waals surface area (Å²) in [5.41, 5.74) is 2.24. The van der Waals surface area contributed by atoms with Gasteiger partial charge < -0.3 is 0 Å². The van der Waals surface area contributed by atoms with Gasteiger partial charge in [-0.2, -0.15) is 0 Å². The fourth-order valence-electron chi connectivity index (χ4n) is 4.28. The molecule has 196 valence electrons. The molecular weight excluding hydrogens is 596 g/mol. The Labute approximate surface area is 235 Å². The average Bonchev–Trinajstić information content (AvgIpc) is 3.61. The summed E-state index contributed by atoms with van der Waals surface area (Å²) in [6, 6.07) is 31.5. The summed E-state index contributed by atoms with van der Waals surface area (Å²) in [7, 11) is -7.11. The number of fused-ring (bicyclic) bond motifs is 2. The zero-order valence-electron chi connectivity index (χ0n) is 20.6. The van der Waals surface area contributed by atoms with E-state index >= 15 is 0 Å². The van der Waals surface area contributed by atoms with Crippen molar-refractivity contribution in [2.45, 2.75) is 9.79 Å². The lowest BCUT2D eigenvalue weighted by molar-refractivity contribution is 0.587. The molecule has 0 amide bonds. The van der Waals surface area contributed by atoms with Crippen LogP contribution in [0.5, 0.6) is 0 Å². The second kappa shape index (κ2) is 10.7. The molecule has 0 aliphatic heterocycles. The largest absolute Gasteiger partial charge is 0.268 e. The van der Waals surface area contributed by atoms with Crippen molar-refractivity contribution in [2.24, 2.45) is 0 Å². The van der Waals surface area contributed by atoms with E-state index in [1.165, 1.54) is 7.94 Å². The molecule has 39 heavy (non-hydrogen) atoms. The predicted octanol–water partition coefficient (Wildman–Crippen LogP) is 7.16. The third-order valence-corrected chi connectivity index (χ3v) is 10.3. The molecule has 0 saturated carbocycles. The lowest BCUT2D eigenvalue weighted by Crippen LogP contribution is -2.11. The number of hydrogen-bond acceptors (Lipinski definition) is 4. The number of halogens is 1. The maximum Gasteiger partial charge on any atom is 0.268 e. The summed E-state index contributed by atoms with van der Waals surface area (Å²) >= 11 is 3.43. The Kier molecular flexibility index (Phi) is 7.31. The average molecular weight is 620 g/mol. The van der Waals surface area contributed by atoms with Gasteiger partial charge in [-0.3, -0.25) is 0 Å². The second-order valence-corrected chi connectivity index (χ2v) is 13.0. The van der Waals surface area contributed by atoms with Crippen LogP contribution in [-0.2, 0) is 20.0 Å². The van der Waals surface area contributed by atoms with Gasteiger partial charge in [-0.15, -0.1) is 0 Å². The summed E-state index contributed by atoms with van der Waals surface area (Å²) in [5.74, 6) is 0. The first-order chi connectivity index (χ1) is 18.7. The quantitative estimate of drug-likeness (QED) is 0.205. The van der Waals surface area contributed by atoms with Crippen molar-refractivity contribution in [3.63, 3.8) is 0 Å². The van der Waals surface area contributed by atoms with Gasteiger partial charge in [0.25, 0.3) is 20.0 Å². The third kappa shape index (κ3) is 4.96. The number of rotatable bonds is 5. The van der Waals surface area contributed by atoms with Crippen molar-refractivity contribution < 1.29 is 16.8 Å². The predicted molar refractivity (Wildman–Crippen MR) is 160 cm³/mol. The molecule has 0 unspecified atom stereocenters.